The van der Waals surface area contributed by atoms with Crippen molar-refractivity contribution in [2.24, 2.45) is 7.05 Å². The molecule has 1 fully saturated rings. The third kappa shape index (κ3) is 4.98. The van der Waals surface area contributed by atoms with Crippen molar-refractivity contribution in [2.75, 3.05) is 44.2 Å². The molecule has 0 unspecified atom stereocenters. The molecule has 4 rings (SSSR count). The molecule has 0 radical (unpaired) electrons. The molecule has 33 heavy (non-hydrogen) atoms. The van der Waals surface area contributed by atoms with E-state index in [0.717, 1.165) is 26.2 Å². The van der Waals surface area contributed by atoms with E-state index in [9.17, 15) is 18.8 Å². The average molecular weight is 454 g/mol. The SMILES string of the molecule is Cn1c(=O)c(=O)n(CCC(=O)NCCN2CCN(c3ccccc3F)CC2)c2ccccc21. The van der Waals surface area contributed by atoms with Gasteiger partial charge in [0.15, 0.2) is 0 Å². The Kier molecular flexibility index (Phi) is 6.88. The van der Waals surface area contributed by atoms with Gasteiger partial charge in [-0.1, -0.05) is 24.3 Å². The summed E-state index contributed by atoms with van der Waals surface area (Å²) in [7, 11) is 1.57. The molecule has 1 amide bonds. The third-order valence-corrected chi connectivity index (χ3v) is 6.14. The normalized spacial score (nSPS) is 14.5. The molecule has 3 aromatic rings. The molecule has 2 heterocycles. The predicted octanol–water partition coefficient (Wildman–Crippen LogP) is 1.17. The minimum atomic E-state index is -0.628. The van der Waals surface area contributed by atoms with E-state index in [4.69, 9.17) is 0 Å². The second kappa shape index (κ2) is 9.99. The van der Waals surface area contributed by atoms with Gasteiger partial charge in [0.2, 0.25) is 5.91 Å². The fourth-order valence-electron chi connectivity index (χ4n) is 4.25. The van der Waals surface area contributed by atoms with Crippen molar-refractivity contribution in [2.45, 2.75) is 13.0 Å². The number of nitrogens with zero attached hydrogens (tertiary/aromatic N) is 4. The topological polar surface area (TPSA) is 79.6 Å². The van der Waals surface area contributed by atoms with Crippen LogP contribution in [0.15, 0.2) is 58.1 Å². The first-order valence-corrected chi connectivity index (χ1v) is 11.1. The minimum absolute atomic E-state index is 0.109. The summed E-state index contributed by atoms with van der Waals surface area (Å²) < 4.78 is 16.7. The highest BCUT2D eigenvalue weighted by molar-refractivity contribution is 5.77. The standard InChI is InChI=1S/C24H28FN5O3/c1-27-20-8-4-5-9-21(20)30(24(33)23(27)32)12-10-22(31)26-11-13-28-14-16-29(17-15-28)19-7-3-2-6-18(19)25/h2-9H,10-17H2,1H3,(H,26,31). The Hall–Kier alpha value is -3.46. The summed E-state index contributed by atoms with van der Waals surface area (Å²) in [5.41, 5.74) is 0.673. The number of piperazine rings is 1. The fraction of sp³-hybridized carbons (Fsp3) is 0.375. The van der Waals surface area contributed by atoms with Crippen LogP contribution in [0, 0.1) is 5.82 Å². The van der Waals surface area contributed by atoms with Gasteiger partial charge in [-0.25, -0.2) is 4.39 Å². The number of amides is 1. The van der Waals surface area contributed by atoms with Crippen LogP contribution in [0.1, 0.15) is 6.42 Å². The van der Waals surface area contributed by atoms with E-state index < -0.39 is 11.1 Å². The molecule has 0 aliphatic carbocycles. The number of para-hydroxylation sites is 3. The zero-order chi connectivity index (χ0) is 23.4. The lowest BCUT2D eigenvalue weighted by Gasteiger charge is -2.36. The second-order valence-electron chi connectivity index (χ2n) is 8.19. The van der Waals surface area contributed by atoms with Gasteiger partial charge in [0.1, 0.15) is 5.82 Å². The van der Waals surface area contributed by atoms with Crippen molar-refractivity contribution in [1.29, 1.82) is 0 Å². The Morgan fingerprint density at radius 2 is 1.58 bits per heavy atom. The Morgan fingerprint density at radius 1 is 0.909 bits per heavy atom. The number of hydrogen-bond acceptors (Lipinski definition) is 5. The Balaban J connectivity index is 1.26. The summed E-state index contributed by atoms with van der Waals surface area (Å²) in [4.78, 5) is 41.3. The van der Waals surface area contributed by atoms with E-state index in [1.165, 1.54) is 15.2 Å². The summed E-state index contributed by atoms with van der Waals surface area (Å²) in [6, 6.07) is 13.9. The fourth-order valence-corrected chi connectivity index (χ4v) is 4.25. The molecule has 174 valence electrons. The molecule has 8 nitrogen and oxygen atoms in total. The highest BCUT2D eigenvalue weighted by atomic mass is 19.1. The highest BCUT2D eigenvalue weighted by Crippen LogP contribution is 2.19. The number of halogens is 1. The minimum Gasteiger partial charge on any atom is -0.367 e. The molecular formula is C24H28FN5O3. The summed E-state index contributed by atoms with van der Waals surface area (Å²) in [5, 5.41) is 2.89. The van der Waals surface area contributed by atoms with E-state index in [1.807, 2.05) is 11.0 Å². The van der Waals surface area contributed by atoms with E-state index in [2.05, 4.69) is 10.2 Å². The molecule has 0 atom stereocenters. The summed E-state index contributed by atoms with van der Waals surface area (Å²) in [6.07, 6.45) is 0.109. The number of carbonyl (C=O) groups is 1. The maximum atomic E-state index is 14.0. The number of nitrogens with one attached hydrogen (secondary N) is 1. The van der Waals surface area contributed by atoms with Crippen molar-refractivity contribution in [3.05, 3.63) is 75.1 Å². The number of carbonyl (C=O) groups excluding carboxylic acids is 1. The van der Waals surface area contributed by atoms with Crippen LogP contribution in [0.25, 0.3) is 11.0 Å². The zero-order valence-corrected chi connectivity index (χ0v) is 18.7. The Bertz CT molecular complexity index is 1260. The lowest BCUT2D eigenvalue weighted by atomic mass is 10.2. The molecule has 1 aromatic heterocycles. The van der Waals surface area contributed by atoms with Crippen LogP contribution < -0.4 is 21.3 Å². The maximum absolute atomic E-state index is 14.0. The van der Waals surface area contributed by atoms with Crippen molar-refractivity contribution in [1.82, 2.24) is 19.4 Å². The molecule has 2 aromatic carbocycles. The monoisotopic (exact) mass is 453 g/mol. The number of anilines is 1. The first kappa shape index (κ1) is 22.7. The van der Waals surface area contributed by atoms with Gasteiger partial charge in [0, 0.05) is 59.3 Å². The molecule has 1 N–H and O–H groups in total. The smallest absolute Gasteiger partial charge is 0.316 e. The second-order valence-corrected chi connectivity index (χ2v) is 8.19. The largest absolute Gasteiger partial charge is 0.367 e. The zero-order valence-electron chi connectivity index (χ0n) is 18.7. The Labute approximate surface area is 190 Å². The van der Waals surface area contributed by atoms with E-state index in [-0.39, 0.29) is 24.7 Å². The Morgan fingerprint density at radius 3 is 2.30 bits per heavy atom. The molecule has 1 aliphatic heterocycles. The van der Waals surface area contributed by atoms with Crippen LogP contribution in [-0.4, -0.2) is 59.2 Å². The number of fused-ring (bicyclic) bond motifs is 1. The number of rotatable bonds is 7. The number of aromatic nitrogens is 2. The molecule has 1 aliphatic rings. The predicted molar refractivity (Wildman–Crippen MR) is 126 cm³/mol. The van der Waals surface area contributed by atoms with E-state index in [0.29, 0.717) is 29.8 Å². The summed E-state index contributed by atoms with van der Waals surface area (Å²) in [5.74, 6) is -0.377. The number of aryl methyl sites for hydroxylation is 2. The van der Waals surface area contributed by atoms with Crippen molar-refractivity contribution < 1.29 is 9.18 Å². The van der Waals surface area contributed by atoms with Gasteiger partial charge in [-0.15, -0.1) is 0 Å². The maximum Gasteiger partial charge on any atom is 0.316 e. The molecular weight excluding hydrogens is 425 g/mol. The molecule has 0 bridgehead atoms. The van der Waals surface area contributed by atoms with Gasteiger partial charge >= 0.3 is 11.1 Å². The van der Waals surface area contributed by atoms with Crippen LogP contribution in [-0.2, 0) is 18.4 Å². The lowest BCUT2D eigenvalue weighted by Crippen LogP contribution is -2.48. The third-order valence-electron chi connectivity index (χ3n) is 6.14. The van der Waals surface area contributed by atoms with E-state index in [1.54, 1.807) is 43.4 Å². The average Bonchev–Trinajstić information content (AvgIpc) is 2.83. The van der Waals surface area contributed by atoms with Gasteiger partial charge < -0.3 is 19.4 Å². The van der Waals surface area contributed by atoms with Crippen molar-refractivity contribution >= 4 is 22.6 Å². The number of hydrogen-bond donors (Lipinski definition) is 1. The van der Waals surface area contributed by atoms with Crippen LogP contribution in [0.2, 0.25) is 0 Å². The van der Waals surface area contributed by atoms with Gasteiger partial charge in [-0.05, 0) is 24.3 Å². The van der Waals surface area contributed by atoms with Gasteiger partial charge in [-0.3, -0.25) is 19.3 Å². The van der Waals surface area contributed by atoms with Crippen LogP contribution in [0.5, 0.6) is 0 Å². The lowest BCUT2D eigenvalue weighted by molar-refractivity contribution is -0.121. The van der Waals surface area contributed by atoms with Crippen LogP contribution in [0.4, 0.5) is 10.1 Å². The molecule has 0 saturated carbocycles. The summed E-state index contributed by atoms with van der Waals surface area (Å²) in [6.45, 7) is 4.37. The first-order chi connectivity index (χ1) is 16.0. The van der Waals surface area contributed by atoms with Gasteiger partial charge in [0.25, 0.3) is 0 Å². The van der Waals surface area contributed by atoms with Crippen LogP contribution >= 0.6 is 0 Å². The highest BCUT2D eigenvalue weighted by Gasteiger charge is 2.19. The van der Waals surface area contributed by atoms with Crippen molar-refractivity contribution in [3.8, 4) is 0 Å². The van der Waals surface area contributed by atoms with Gasteiger partial charge in [0.05, 0.1) is 16.7 Å². The summed E-state index contributed by atoms with van der Waals surface area (Å²) >= 11 is 0. The van der Waals surface area contributed by atoms with Gasteiger partial charge in [-0.2, -0.15) is 0 Å². The quantitative estimate of drug-likeness (QED) is 0.544. The molecule has 9 heteroatoms. The number of benzene rings is 2. The first-order valence-electron chi connectivity index (χ1n) is 11.1. The molecule has 1 saturated heterocycles. The molecule has 0 spiro atoms. The van der Waals surface area contributed by atoms with Crippen LogP contribution in [0.3, 0.4) is 0 Å². The van der Waals surface area contributed by atoms with Crippen molar-refractivity contribution in [3.63, 3.8) is 0 Å². The van der Waals surface area contributed by atoms with E-state index >= 15 is 0 Å².